The Balaban J connectivity index is 3.41. The Morgan fingerprint density at radius 3 is 2.41 bits per heavy atom. The van der Waals surface area contributed by atoms with Gasteiger partial charge < -0.3 is 15.9 Å². The molecule has 0 aromatic heterocycles. The third-order valence-electron chi connectivity index (χ3n) is 2.16. The Hall–Kier alpha value is -0.860. The molecule has 0 unspecified atom stereocenters. The standard InChI is InChI=1S/C9H8BrF4NO2/c10-3-1-4(11)6(12)5(7(3)17)8(15)9(13,14)2-16/h1,8,16-17H,2,15H2/t8-/m1/s1. The summed E-state index contributed by atoms with van der Waals surface area (Å²) in [6, 6.07) is -1.78. The molecule has 4 N–H and O–H groups in total. The van der Waals surface area contributed by atoms with Gasteiger partial charge in [-0.25, -0.2) is 17.6 Å². The van der Waals surface area contributed by atoms with Crippen molar-refractivity contribution in [3.8, 4) is 5.75 Å². The number of aromatic hydroxyl groups is 1. The predicted octanol–water partition coefficient (Wildman–Crippen LogP) is 2.06. The van der Waals surface area contributed by atoms with E-state index < -0.39 is 41.5 Å². The number of phenolic OH excluding ortho intramolecular Hbond substituents is 1. The monoisotopic (exact) mass is 317 g/mol. The second kappa shape index (κ2) is 4.79. The second-order valence-electron chi connectivity index (χ2n) is 3.31. The van der Waals surface area contributed by atoms with Gasteiger partial charge in [0.05, 0.1) is 10.0 Å². The van der Waals surface area contributed by atoms with E-state index >= 15 is 0 Å². The lowest BCUT2D eigenvalue weighted by Gasteiger charge is -2.23. The van der Waals surface area contributed by atoms with Crippen molar-refractivity contribution in [1.82, 2.24) is 0 Å². The topological polar surface area (TPSA) is 66.5 Å². The van der Waals surface area contributed by atoms with E-state index in [9.17, 15) is 22.7 Å². The van der Waals surface area contributed by atoms with E-state index in [1.165, 1.54) is 0 Å². The fourth-order valence-electron chi connectivity index (χ4n) is 1.20. The Morgan fingerprint density at radius 2 is 1.94 bits per heavy atom. The van der Waals surface area contributed by atoms with Gasteiger partial charge in [-0.15, -0.1) is 0 Å². The molecule has 0 saturated heterocycles. The smallest absolute Gasteiger partial charge is 0.289 e. The van der Waals surface area contributed by atoms with Gasteiger partial charge in [0.25, 0.3) is 5.92 Å². The summed E-state index contributed by atoms with van der Waals surface area (Å²) in [5.41, 5.74) is 3.94. The Kier molecular flexibility index (Phi) is 4.00. The number of rotatable bonds is 3. The number of aliphatic hydroxyl groups is 1. The van der Waals surface area contributed by atoms with Crippen molar-refractivity contribution in [2.75, 3.05) is 6.61 Å². The quantitative estimate of drug-likeness (QED) is 0.590. The zero-order valence-corrected chi connectivity index (χ0v) is 9.81. The van der Waals surface area contributed by atoms with Crippen molar-refractivity contribution in [2.45, 2.75) is 12.0 Å². The molecule has 0 saturated carbocycles. The molecule has 0 spiro atoms. The zero-order chi connectivity index (χ0) is 13.4. The molecule has 17 heavy (non-hydrogen) atoms. The molecule has 96 valence electrons. The molecule has 8 heteroatoms. The summed E-state index contributed by atoms with van der Waals surface area (Å²) in [5, 5.41) is 17.8. The molecule has 0 heterocycles. The van der Waals surface area contributed by atoms with Crippen LogP contribution in [0.1, 0.15) is 11.6 Å². The van der Waals surface area contributed by atoms with Crippen LogP contribution in [0, 0.1) is 11.6 Å². The van der Waals surface area contributed by atoms with Crippen LogP contribution < -0.4 is 5.73 Å². The first-order valence-electron chi connectivity index (χ1n) is 4.33. The summed E-state index contributed by atoms with van der Waals surface area (Å²) in [4.78, 5) is 0. The van der Waals surface area contributed by atoms with Gasteiger partial charge in [-0.3, -0.25) is 0 Å². The molecule has 1 aromatic carbocycles. The van der Waals surface area contributed by atoms with E-state index in [4.69, 9.17) is 10.8 Å². The van der Waals surface area contributed by atoms with Gasteiger partial charge in [0.1, 0.15) is 18.4 Å². The van der Waals surface area contributed by atoms with E-state index in [2.05, 4.69) is 15.9 Å². The average Bonchev–Trinajstić information content (AvgIpc) is 2.26. The van der Waals surface area contributed by atoms with Crippen molar-refractivity contribution in [2.24, 2.45) is 5.73 Å². The lowest BCUT2D eigenvalue weighted by Crippen LogP contribution is -2.37. The van der Waals surface area contributed by atoms with Gasteiger partial charge in [-0.05, 0) is 22.0 Å². The SMILES string of the molecule is N[C@H](c1c(O)c(Br)cc(F)c1F)C(F)(F)CO. The van der Waals surface area contributed by atoms with Crippen molar-refractivity contribution >= 4 is 15.9 Å². The maximum absolute atomic E-state index is 13.3. The van der Waals surface area contributed by atoms with E-state index in [1.807, 2.05) is 0 Å². The third kappa shape index (κ3) is 2.53. The molecule has 0 aliphatic heterocycles. The van der Waals surface area contributed by atoms with Gasteiger partial charge >= 0.3 is 0 Å². The van der Waals surface area contributed by atoms with Crippen LogP contribution in [0.2, 0.25) is 0 Å². The number of alkyl halides is 2. The van der Waals surface area contributed by atoms with Crippen LogP contribution in [-0.4, -0.2) is 22.7 Å². The van der Waals surface area contributed by atoms with Crippen molar-refractivity contribution in [3.63, 3.8) is 0 Å². The first kappa shape index (κ1) is 14.2. The average molecular weight is 318 g/mol. The van der Waals surface area contributed by atoms with Crippen LogP contribution in [0.25, 0.3) is 0 Å². The van der Waals surface area contributed by atoms with Crippen LogP contribution >= 0.6 is 15.9 Å². The number of hydrogen-bond donors (Lipinski definition) is 3. The molecule has 3 nitrogen and oxygen atoms in total. The molecule has 0 bridgehead atoms. The number of nitrogens with two attached hydrogens (primary N) is 1. The highest BCUT2D eigenvalue weighted by atomic mass is 79.9. The summed E-state index contributed by atoms with van der Waals surface area (Å²) < 4.78 is 52.1. The fraction of sp³-hybridized carbons (Fsp3) is 0.333. The van der Waals surface area contributed by atoms with Gasteiger partial charge in [0.2, 0.25) is 0 Å². The lowest BCUT2D eigenvalue weighted by atomic mass is 10.00. The lowest BCUT2D eigenvalue weighted by molar-refractivity contribution is -0.0724. The van der Waals surface area contributed by atoms with E-state index in [0.717, 1.165) is 0 Å². The van der Waals surface area contributed by atoms with Crippen molar-refractivity contribution < 1.29 is 27.8 Å². The molecular formula is C9H8BrF4NO2. The second-order valence-corrected chi connectivity index (χ2v) is 4.17. The van der Waals surface area contributed by atoms with Crippen LogP contribution in [0.4, 0.5) is 17.6 Å². The predicted molar refractivity (Wildman–Crippen MR) is 54.7 cm³/mol. The third-order valence-corrected chi connectivity index (χ3v) is 2.76. The maximum atomic E-state index is 13.3. The van der Waals surface area contributed by atoms with Gasteiger partial charge in [0, 0.05) is 0 Å². The van der Waals surface area contributed by atoms with Crippen LogP contribution in [0.5, 0.6) is 5.75 Å². The molecule has 1 atom stereocenters. The number of halogens is 5. The molecule has 1 aromatic rings. The summed E-state index contributed by atoms with van der Waals surface area (Å²) >= 11 is 2.67. The molecule has 0 amide bonds. The molecule has 1 rings (SSSR count). The van der Waals surface area contributed by atoms with Crippen LogP contribution in [0.3, 0.4) is 0 Å². The Labute approximate surface area is 102 Å². The van der Waals surface area contributed by atoms with Crippen molar-refractivity contribution in [3.05, 3.63) is 27.7 Å². The number of phenols is 1. The minimum atomic E-state index is -3.88. The maximum Gasteiger partial charge on any atom is 0.289 e. The van der Waals surface area contributed by atoms with E-state index in [1.54, 1.807) is 0 Å². The molecule has 0 aliphatic carbocycles. The summed E-state index contributed by atoms with van der Waals surface area (Å²) in [5.74, 6) is -7.92. The highest BCUT2D eigenvalue weighted by Gasteiger charge is 2.41. The minimum absolute atomic E-state index is 0.310. The minimum Gasteiger partial charge on any atom is -0.506 e. The Morgan fingerprint density at radius 1 is 1.41 bits per heavy atom. The summed E-state index contributed by atoms with van der Waals surface area (Å²) in [6.45, 7) is -1.65. The van der Waals surface area contributed by atoms with Crippen molar-refractivity contribution in [1.29, 1.82) is 0 Å². The summed E-state index contributed by atoms with van der Waals surface area (Å²) in [7, 11) is 0. The highest BCUT2D eigenvalue weighted by molar-refractivity contribution is 9.10. The van der Waals surface area contributed by atoms with E-state index in [-0.39, 0.29) is 4.47 Å². The first-order chi connectivity index (χ1) is 7.72. The molecule has 0 radical (unpaired) electrons. The fourth-order valence-corrected chi connectivity index (χ4v) is 1.61. The van der Waals surface area contributed by atoms with E-state index in [0.29, 0.717) is 6.07 Å². The first-order valence-corrected chi connectivity index (χ1v) is 5.12. The van der Waals surface area contributed by atoms with Crippen LogP contribution in [0.15, 0.2) is 10.5 Å². The van der Waals surface area contributed by atoms with Crippen LogP contribution in [-0.2, 0) is 0 Å². The number of aliphatic hydroxyl groups excluding tert-OH is 1. The van der Waals surface area contributed by atoms with Gasteiger partial charge in [0.15, 0.2) is 11.6 Å². The summed E-state index contributed by atoms with van der Waals surface area (Å²) in [6.07, 6.45) is 0. The highest BCUT2D eigenvalue weighted by Crippen LogP contribution is 2.40. The largest absolute Gasteiger partial charge is 0.506 e. The number of benzene rings is 1. The molecule has 0 fully saturated rings. The van der Waals surface area contributed by atoms with Gasteiger partial charge in [-0.2, -0.15) is 0 Å². The number of hydrogen-bond acceptors (Lipinski definition) is 3. The Bertz CT molecular complexity index is 415. The molecule has 0 aliphatic rings. The normalized spacial score (nSPS) is 13.8. The van der Waals surface area contributed by atoms with Gasteiger partial charge in [-0.1, -0.05) is 0 Å². The molecular weight excluding hydrogens is 310 g/mol. The zero-order valence-electron chi connectivity index (χ0n) is 8.22.